The molecule has 2 heteroatoms. The minimum absolute atomic E-state index is 0.549. The van der Waals surface area contributed by atoms with Crippen molar-refractivity contribution < 1.29 is 5.11 Å². The monoisotopic (exact) mass is 270 g/mol. The molecule has 2 aromatic rings. The molecular formula is C17H15ClO. The second kappa shape index (κ2) is 6.43. The van der Waals surface area contributed by atoms with Crippen LogP contribution in [0, 0.1) is 11.8 Å². The van der Waals surface area contributed by atoms with Crippen molar-refractivity contribution in [3.05, 3.63) is 59.1 Å². The summed E-state index contributed by atoms with van der Waals surface area (Å²) in [6.45, 7) is 1.90. The van der Waals surface area contributed by atoms with Gasteiger partial charge in [-0.2, -0.15) is 0 Å². The Kier molecular flexibility index (Phi) is 4.63. The first-order valence-electron chi connectivity index (χ1n) is 6.24. The van der Waals surface area contributed by atoms with Gasteiger partial charge in [-0.15, -0.1) is 0 Å². The zero-order valence-corrected chi connectivity index (χ0v) is 11.5. The summed E-state index contributed by atoms with van der Waals surface area (Å²) in [6.07, 6.45) is 0.0979. The van der Waals surface area contributed by atoms with Crippen molar-refractivity contribution in [1.29, 1.82) is 0 Å². The first-order chi connectivity index (χ1) is 9.19. The lowest BCUT2D eigenvalue weighted by Crippen LogP contribution is -1.98. The van der Waals surface area contributed by atoms with Crippen LogP contribution in [-0.4, -0.2) is 11.2 Å². The number of aliphatic hydroxyl groups excluding tert-OH is 1. The SMILES string of the molecule is CCC(O)C#Cc1ccc(-c2cccc(Cl)c2)cc1. The fourth-order valence-corrected chi connectivity index (χ4v) is 1.87. The molecule has 0 aliphatic rings. The van der Waals surface area contributed by atoms with Crippen LogP contribution in [-0.2, 0) is 0 Å². The van der Waals surface area contributed by atoms with Gasteiger partial charge in [0.2, 0.25) is 0 Å². The van der Waals surface area contributed by atoms with Crippen LogP contribution in [0.25, 0.3) is 11.1 Å². The van der Waals surface area contributed by atoms with Crippen molar-refractivity contribution >= 4 is 11.6 Å². The lowest BCUT2D eigenvalue weighted by molar-refractivity contribution is 0.228. The maximum absolute atomic E-state index is 9.39. The largest absolute Gasteiger partial charge is 0.380 e. The van der Waals surface area contributed by atoms with E-state index in [0.717, 1.165) is 21.7 Å². The van der Waals surface area contributed by atoms with E-state index in [2.05, 4.69) is 11.8 Å². The van der Waals surface area contributed by atoms with Crippen LogP contribution in [0.3, 0.4) is 0 Å². The molecule has 0 saturated carbocycles. The van der Waals surface area contributed by atoms with Crippen LogP contribution >= 0.6 is 11.6 Å². The molecule has 0 bridgehead atoms. The number of hydrogen-bond acceptors (Lipinski definition) is 1. The van der Waals surface area contributed by atoms with Crippen LogP contribution in [0.2, 0.25) is 5.02 Å². The molecule has 0 amide bonds. The lowest BCUT2D eigenvalue weighted by atomic mass is 10.0. The standard InChI is InChI=1S/C17H15ClO/c1-2-17(19)11-8-13-6-9-14(10-7-13)15-4-3-5-16(18)12-15/h3-7,9-10,12,17,19H,2H2,1H3. The van der Waals surface area contributed by atoms with Crippen LogP contribution < -0.4 is 0 Å². The van der Waals surface area contributed by atoms with E-state index >= 15 is 0 Å². The van der Waals surface area contributed by atoms with Crippen LogP contribution in [0.15, 0.2) is 48.5 Å². The van der Waals surface area contributed by atoms with Crippen LogP contribution in [0.1, 0.15) is 18.9 Å². The molecule has 1 unspecified atom stereocenters. The molecule has 1 nitrogen and oxygen atoms in total. The normalized spacial score (nSPS) is 11.5. The van der Waals surface area contributed by atoms with Crippen LogP contribution in [0.4, 0.5) is 0 Å². The molecule has 0 fully saturated rings. The molecule has 96 valence electrons. The van der Waals surface area contributed by atoms with Gasteiger partial charge in [-0.1, -0.05) is 54.6 Å². The van der Waals surface area contributed by atoms with Crippen molar-refractivity contribution in [1.82, 2.24) is 0 Å². The smallest absolute Gasteiger partial charge is 0.114 e. The number of hydrogen-bond donors (Lipinski definition) is 1. The molecule has 0 heterocycles. The van der Waals surface area contributed by atoms with Gasteiger partial charge in [-0.05, 0) is 41.8 Å². The zero-order valence-electron chi connectivity index (χ0n) is 10.7. The van der Waals surface area contributed by atoms with Gasteiger partial charge in [0.1, 0.15) is 6.10 Å². The van der Waals surface area contributed by atoms with Gasteiger partial charge in [0, 0.05) is 10.6 Å². The minimum atomic E-state index is -0.549. The van der Waals surface area contributed by atoms with E-state index in [1.54, 1.807) is 0 Å². The maximum Gasteiger partial charge on any atom is 0.114 e. The van der Waals surface area contributed by atoms with Gasteiger partial charge in [-0.25, -0.2) is 0 Å². The summed E-state index contributed by atoms with van der Waals surface area (Å²) in [5.74, 6) is 5.76. The van der Waals surface area contributed by atoms with Crippen molar-refractivity contribution in [3.8, 4) is 23.0 Å². The van der Waals surface area contributed by atoms with E-state index in [0.29, 0.717) is 6.42 Å². The van der Waals surface area contributed by atoms with Crippen molar-refractivity contribution in [2.24, 2.45) is 0 Å². The minimum Gasteiger partial charge on any atom is -0.380 e. The van der Waals surface area contributed by atoms with Crippen LogP contribution in [0.5, 0.6) is 0 Å². The number of benzene rings is 2. The zero-order chi connectivity index (χ0) is 13.7. The van der Waals surface area contributed by atoms with Gasteiger partial charge < -0.3 is 5.11 Å². The Balaban J connectivity index is 2.21. The summed E-state index contributed by atoms with van der Waals surface area (Å²) in [7, 11) is 0. The molecule has 0 saturated heterocycles. The molecule has 2 rings (SSSR count). The second-order valence-electron chi connectivity index (χ2n) is 4.28. The van der Waals surface area contributed by atoms with Gasteiger partial charge in [-0.3, -0.25) is 0 Å². The molecule has 0 aromatic heterocycles. The van der Waals surface area contributed by atoms with Crippen molar-refractivity contribution in [3.63, 3.8) is 0 Å². The van der Waals surface area contributed by atoms with Gasteiger partial charge in [0.25, 0.3) is 0 Å². The molecule has 19 heavy (non-hydrogen) atoms. The third-order valence-electron chi connectivity index (χ3n) is 2.81. The van der Waals surface area contributed by atoms with E-state index in [4.69, 9.17) is 11.6 Å². The molecular weight excluding hydrogens is 256 g/mol. The molecule has 0 aliphatic heterocycles. The van der Waals surface area contributed by atoms with Gasteiger partial charge >= 0.3 is 0 Å². The van der Waals surface area contributed by atoms with E-state index in [1.165, 1.54) is 0 Å². The first-order valence-corrected chi connectivity index (χ1v) is 6.62. The molecule has 0 spiro atoms. The third kappa shape index (κ3) is 3.86. The van der Waals surface area contributed by atoms with E-state index < -0.39 is 6.10 Å². The average Bonchev–Trinajstić information content (AvgIpc) is 2.45. The van der Waals surface area contributed by atoms with E-state index in [9.17, 15) is 5.11 Å². The number of rotatable bonds is 2. The average molecular weight is 271 g/mol. The molecule has 0 aliphatic carbocycles. The summed E-state index contributed by atoms with van der Waals surface area (Å²) in [5.41, 5.74) is 3.09. The van der Waals surface area contributed by atoms with E-state index in [-0.39, 0.29) is 0 Å². The Morgan fingerprint density at radius 1 is 1.11 bits per heavy atom. The first kappa shape index (κ1) is 13.7. The fourth-order valence-electron chi connectivity index (χ4n) is 1.68. The van der Waals surface area contributed by atoms with Gasteiger partial charge in [0.15, 0.2) is 0 Å². The Hall–Kier alpha value is -1.75. The van der Waals surface area contributed by atoms with Crippen molar-refractivity contribution in [2.75, 3.05) is 0 Å². The number of aliphatic hydroxyl groups is 1. The third-order valence-corrected chi connectivity index (χ3v) is 3.05. The summed E-state index contributed by atoms with van der Waals surface area (Å²) in [4.78, 5) is 0. The summed E-state index contributed by atoms with van der Waals surface area (Å²) in [5, 5.41) is 10.1. The lowest BCUT2D eigenvalue weighted by Gasteiger charge is -2.02. The summed E-state index contributed by atoms with van der Waals surface area (Å²) < 4.78 is 0. The van der Waals surface area contributed by atoms with Crippen molar-refractivity contribution in [2.45, 2.75) is 19.4 Å². The predicted molar refractivity (Wildman–Crippen MR) is 80.1 cm³/mol. The topological polar surface area (TPSA) is 20.2 Å². The fraction of sp³-hybridized carbons (Fsp3) is 0.176. The Bertz CT molecular complexity index is 605. The second-order valence-corrected chi connectivity index (χ2v) is 4.72. The Morgan fingerprint density at radius 2 is 1.84 bits per heavy atom. The van der Waals surface area contributed by atoms with E-state index in [1.807, 2.05) is 55.5 Å². The summed E-state index contributed by atoms with van der Waals surface area (Å²) in [6, 6.07) is 15.7. The predicted octanol–water partition coefficient (Wildman–Crippen LogP) is 4.13. The highest BCUT2D eigenvalue weighted by atomic mass is 35.5. The maximum atomic E-state index is 9.39. The molecule has 2 aromatic carbocycles. The highest BCUT2D eigenvalue weighted by Crippen LogP contribution is 2.22. The van der Waals surface area contributed by atoms with Gasteiger partial charge in [0.05, 0.1) is 0 Å². The highest BCUT2D eigenvalue weighted by Gasteiger charge is 1.98. The molecule has 1 atom stereocenters. The summed E-state index contributed by atoms with van der Waals surface area (Å²) >= 11 is 5.98. The molecule has 1 N–H and O–H groups in total. The number of halogens is 1. The highest BCUT2D eigenvalue weighted by molar-refractivity contribution is 6.30. The Labute approximate surface area is 118 Å². The molecule has 0 radical (unpaired) electrons. The Morgan fingerprint density at radius 3 is 2.47 bits per heavy atom. The quantitative estimate of drug-likeness (QED) is 0.814.